The summed E-state index contributed by atoms with van der Waals surface area (Å²) in [4.78, 5) is 32.4. The minimum atomic E-state index is -3.98. The summed E-state index contributed by atoms with van der Waals surface area (Å²) in [7, 11) is -3.98. The number of rotatable bonds is 8. The van der Waals surface area contributed by atoms with Gasteiger partial charge in [0.05, 0.1) is 16.0 Å². The molecule has 0 bridgehead atoms. The third-order valence-corrected chi connectivity index (χ3v) is 10.6. The maximum absolute atomic E-state index is 13.9. The van der Waals surface area contributed by atoms with Crippen LogP contribution in [-0.4, -0.2) is 44.5 Å². The quantitative estimate of drug-likeness (QED) is 0.242. The molecule has 1 fully saturated rings. The normalized spacial score (nSPS) is 18.1. The number of hydrogen-bond donors (Lipinski definition) is 1. The monoisotopic (exact) mass is 609 g/mol. The van der Waals surface area contributed by atoms with E-state index in [1.165, 1.54) is 23.6 Å². The summed E-state index contributed by atoms with van der Waals surface area (Å²) in [6.45, 7) is 1.58. The molecule has 0 radical (unpaired) electrons. The fraction of sp³-hybridized carbons (Fsp3) is 0.185. The fourth-order valence-corrected chi connectivity index (χ4v) is 8.48. The van der Waals surface area contributed by atoms with Gasteiger partial charge in [0.25, 0.3) is 5.24 Å². The first-order valence-corrected chi connectivity index (χ1v) is 15.6. The van der Waals surface area contributed by atoms with E-state index in [0.717, 1.165) is 17.3 Å². The van der Waals surface area contributed by atoms with Crippen molar-refractivity contribution < 1.29 is 26.8 Å². The molecule has 6 rings (SSSR count). The topological polar surface area (TPSA) is 145 Å². The van der Waals surface area contributed by atoms with Gasteiger partial charge in [-0.15, -0.1) is 21.5 Å². The number of carbonyl (C=O) groups excluding carboxylic acids is 2. The number of sulfone groups is 1. The summed E-state index contributed by atoms with van der Waals surface area (Å²) in [6.07, 6.45) is 1.35. The van der Waals surface area contributed by atoms with Crippen LogP contribution in [0, 0.1) is 5.95 Å². The highest BCUT2D eigenvalue weighted by molar-refractivity contribution is 8.16. The molecule has 2 unspecified atom stereocenters. The Hall–Kier alpha value is -4.01. The summed E-state index contributed by atoms with van der Waals surface area (Å²) in [6, 6.07) is 17.0. The molecule has 3 aromatic heterocycles. The van der Waals surface area contributed by atoms with Crippen LogP contribution in [-0.2, 0) is 26.8 Å². The largest absolute Gasteiger partial charge is 0.423 e. The van der Waals surface area contributed by atoms with Crippen LogP contribution in [0.3, 0.4) is 0 Å². The van der Waals surface area contributed by atoms with E-state index in [1.807, 2.05) is 6.07 Å². The Labute approximate surface area is 241 Å². The van der Waals surface area contributed by atoms with Crippen LogP contribution in [0.5, 0.6) is 0 Å². The van der Waals surface area contributed by atoms with Crippen molar-refractivity contribution in [3.63, 3.8) is 0 Å². The van der Waals surface area contributed by atoms with Crippen molar-refractivity contribution >= 4 is 54.3 Å². The number of benzene rings is 2. The maximum atomic E-state index is 13.9. The molecule has 41 heavy (non-hydrogen) atoms. The minimum absolute atomic E-state index is 0.0203. The molecule has 5 aromatic rings. The molecule has 0 spiro atoms. The molecule has 14 heteroatoms. The molecule has 2 aromatic carbocycles. The molecule has 2 atom stereocenters. The Morgan fingerprint density at radius 3 is 2.54 bits per heavy atom. The summed E-state index contributed by atoms with van der Waals surface area (Å²) in [5.41, 5.74) is 2.60. The predicted octanol–water partition coefficient (Wildman–Crippen LogP) is 4.87. The van der Waals surface area contributed by atoms with Crippen molar-refractivity contribution in [3.05, 3.63) is 95.2 Å². The van der Waals surface area contributed by atoms with Crippen LogP contribution in [0.25, 0.3) is 21.3 Å². The van der Waals surface area contributed by atoms with E-state index in [9.17, 15) is 22.4 Å². The smallest absolute Gasteiger partial charge is 0.286 e. The first-order chi connectivity index (χ1) is 19.6. The SMILES string of the molecule is CC1(Cc2nnc(C(c3nc4ccc(-c5ccc(F)nc5)cc4s3)S(=O)(=O)Cc3ccccc3)o2)SC(=O)NC1=O. The number of thioether (sulfide) groups is 1. The highest BCUT2D eigenvalue weighted by Crippen LogP contribution is 2.39. The molecule has 2 amide bonds. The Kier molecular flexibility index (Phi) is 6.91. The lowest BCUT2D eigenvalue weighted by molar-refractivity contribution is -0.121. The van der Waals surface area contributed by atoms with Gasteiger partial charge in [-0.05, 0) is 54.1 Å². The zero-order valence-corrected chi connectivity index (χ0v) is 23.7. The number of hydrogen-bond acceptors (Lipinski definition) is 11. The molecule has 1 aliphatic heterocycles. The van der Waals surface area contributed by atoms with Crippen molar-refractivity contribution in [2.75, 3.05) is 0 Å². The van der Waals surface area contributed by atoms with Gasteiger partial charge in [0.2, 0.25) is 23.6 Å². The predicted molar refractivity (Wildman–Crippen MR) is 151 cm³/mol. The Morgan fingerprint density at radius 1 is 1.05 bits per heavy atom. The van der Waals surface area contributed by atoms with Crippen molar-refractivity contribution in [1.29, 1.82) is 0 Å². The van der Waals surface area contributed by atoms with Crippen LogP contribution >= 0.6 is 23.1 Å². The van der Waals surface area contributed by atoms with Crippen molar-refractivity contribution in [2.24, 2.45) is 0 Å². The van der Waals surface area contributed by atoms with E-state index in [4.69, 9.17) is 4.42 Å². The van der Waals surface area contributed by atoms with Gasteiger partial charge in [-0.1, -0.05) is 36.4 Å². The number of pyridine rings is 1. The van der Waals surface area contributed by atoms with Gasteiger partial charge in [0.15, 0.2) is 15.1 Å². The summed E-state index contributed by atoms with van der Waals surface area (Å²) >= 11 is 1.98. The Balaban J connectivity index is 1.40. The number of imide groups is 1. The van der Waals surface area contributed by atoms with Crippen LogP contribution in [0.4, 0.5) is 9.18 Å². The van der Waals surface area contributed by atoms with Gasteiger partial charge in [0.1, 0.15) is 9.75 Å². The molecule has 4 heterocycles. The molecular formula is C27H20FN5O5S3. The summed E-state index contributed by atoms with van der Waals surface area (Å²) in [5, 5.41) is 8.69. The zero-order chi connectivity index (χ0) is 28.8. The number of nitrogens with one attached hydrogen (secondary N) is 1. The lowest BCUT2D eigenvalue weighted by Gasteiger charge is -2.15. The van der Waals surface area contributed by atoms with Crippen molar-refractivity contribution in [3.8, 4) is 11.1 Å². The van der Waals surface area contributed by atoms with Gasteiger partial charge in [-0.3, -0.25) is 14.9 Å². The van der Waals surface area contributed by atoms with Crippen molar-refractivity contribution in [1.82, 2.24) is 25.5 Å². The number of fused-ring (bicyclic) bond motifs is 1. The van der Waals surface area contributed by atoms with E-state index < -0.39 is 36.9 Å². The average molecular weight is 610 g/mol. The average Bonchev–Trinajstić information content (AvgIpc) is 3.61. The molecular weight excluding hydrogens is 590 g/mol. The molecule has 10 nitrogen and oxygen atoms in total. The number of carbonyl (C=O) groups is 2. The number of nitrogens with zero attached hydrogens (tertiary/aromatic N) is 4. The van der Waals surface area contributed by atoms with Gasteiger partial charge >= 0.3 is 0 Å². The number of halogens is 1. The molecule has 1 saturated heterocycles. The molecule has 1 N–H and O–H groups in total. The van der Waals surface area contributed by atoms with E-state index in [0.29, 0.717) is 21.3 Å². The molecule has 208 valence electrons. The van der Waals surface area contributed by atoms with E-state index in [-0.39, 0.29) is 29.0 Å². The van der Waals surface area contributed by atoms with Crippen LogP contribution in [0.1, 0.15) is 34.5 Å². The highest BCUT2D eigenvalue weighted by Gasteiger charge is 2.45. The van der Waals surface area contributed by atoms with Gasteiger partial charge < -0.3 is 4.42 Å². The van der Waals surface area contributed by atoms with Crippen LogP contribution < -0.4 is 5.32 Å². The second-order valence-electron chi connectivity index (χ2n) is 9.56. The third-order valence-electron chi connectivity index (χ3n) is 6.47. The van der Waals surface area contributed by atoms with Crippen molar-refractivity contribution in [2.45, 2.75) is 29.1 Å². The first-order valence-electron chi connectivity index (χ1n) is 12.2. The van der Waals surface area contributed by atoms with E-state index in [2.05, 4.69) is 25.5 Å². The first kappa shape index (κ1) is 27.2. The van der Waals surface area contributed by atoms with Crippen LogP contribution in [0.15, 0.2) is 71.3 Å². The summed E-state index contributed by atoms with van der Waals surface area (Å²) < 4.78 is 46.5. The second-order valence-corrected chi connectivity index (χ2v) is 14.2. The van der Waals surface area contributed by atoms with E-state index in [1.54, 1.807) is 55.5 Å². The summed E-state index contributed by atoms with van der Waals surface area (Å²) in [5.74, 6) is -1.54. The van der Waals surface area contributed by atoms with Gasteiger partial charge in [-0.25, -0.2) is 18.4 Å². The molecule has 1 aliphatic rings. The van der Waals surface area contributed by atoms with Crippen LogP contribution in [0.2, 0.25) is 0 Å². The number of thiazole rings is 1. The standard InChI is InChI=1S/C27H20FN5O5S3/c1-27(25(34)31-26(35)40-27)12-21-32-33-23(38-21)22(41(36,37)14-15-5-3-2-4-6-15)24-30-18-9-7-16(11-19(18)39-24)17-8-10-20(28)29-13-17/h2-11,13,22H,12,14H2,1H3,(H,31,34,35). The Morgan fingerprint density at radius 2 is 1.83 bits per heavy atom. The maximum Gasteiger partial charge on any atom is 0.286 e. The fourth-order valence-electron chi connectivity index (χ4n) is 4.43. The lowest BCUT2D eigenvalue weighted by Crippen LogP contribution is -2.35. The zero-order valence-electron chi connectivity index (χ0n) is 21.3. The highest BCUT2D eigenvalue weighted by atomic mass is 32.2. The molecule has 0 saturated carbocycles. The minimum Gasteiger partial charge on any atom is -0.423 e. The van der Waals surface area contributed by atoms with Gasteiger partial charge in [-0.2, -0.15) is 4.39 Å². The number of amides is 2. The number of aromatic nitrogens is 4. The lowest BCUT2D eigenvalue weighted by atomic mass is 10.1. The third kappa shape index (κ3) is 5.49. The second kappa shape index (κ2) is 10.4. The van der Waals surface area contributed by atoms with E-state index >= 15 is 0 Å². The Bertz CT molecular complexity index is 1890. The molecule has 0 aliphatic carbocycles. The van der Waals surface area contributed by atoms with Gasteiger partial charge in [0, 0.05) is 18.2 Å².